The molecular weight excluding hydrogens is 426 g/mol. The molecule has 5 aromatic rings. The maximum Gasteiger partial charge on any atom is 0.199 e. The fourth-order valence-electron chi connectivity index (χ4n) is 4.59. The molecule has 9 heteroatoms. The summed E-state index contributed by atoms with van der Waals surface area (Å²) in [5, 5.41) is 16.0. The number of hydrogen-bond donors (Lipinski definition) is 2. The summed E-state index contributed by atoms with van der Waals surface area (Å²) in [6.45, 7) is 8.84. The monoisotopic (exact) mass is 453 g/mol. The predicted molar refractivity (Wildman–Crippen MR) is 135 cm³/mol. The third-order valence-electron chi connectivity index (χ3n) is 6.58. The summed E-state index contributed by atoms with van der Waals surface area (Å²) in [6, 6.07) is 15.3. The number of rotatable bonds is 5. The summed E-state index contributed by atoms with van der Waals surface area (Å²) in [5.41, 5.74) is 5.72. The van der Waals surface area contributed by atoms with Gasteiger partial charge >= 0.3 is 0 Å². The molecule has 1 saturated heterocycles. The molecule has 0 saturated carbocycles. The molecule has 0 radical (unpaired) electrons. The molecule has 0 atom stereocenters. The van der Waals surface area contributed by atoms with E-state index in [9.17, 15) is 0 Å². The Kier molecular flexibility index (Phi) is 5.10. The van der Waals surface area contributed by atoms with Gasteiger partial charge in [-0.25, -0.2) is 14.5 Å². The minimum absolute atomic E-state index is 0.606. The summed E-state index contributed by atoms with van der Waals surface area (Å²) in [7, 11) is 0. The fraction of sp³-hybridized carbons (Fsp3) is 0.280. The maximum atomic E-state index is 4.68. The molecule has 0 bridgehead atoms. The Hall–Kier alpha value is -3.98. The van der Waals surface area contributed by atoms with Gasteiger partial charge in [-0.15, -0.1) is 0 Å². The Bertz CT molecular complexity index is 1430. The van der Waals surface area contributed by atoms with Crippen LogP contribution >= 0.6 is 0 Å². The highest BCUT2D eigenvalue weighted by Crippen LogP contribution is 2.27. The van der Waals surface area contributed by atoms with E-state index in [2.05, 4.69) is 78.5 Å². The average Bonchev–Trinajstić information content (AvgIpc) is 3.54. The van der Waals surface area contributed by atoms with Crippen molar-refractivity contribution in [1.29, 1.82) is 0 Å². The van der Waals surface area contributed by atoms with Crippen molar-refractivity contribution in [2.24, 2.45) is 0 Å². The Morgan fingerprint density at radius 3 is 2.56 bits per heavy atom. The summed E-state index contributed by atoms with van der Waals surface area (Å²) in [5.74, 6) is 0.669. The highest BCUT2D eigenvalue weighted by atomic mass is 15.3. The lowest BCUT2D eigenvalue weighted by Gasteiger charge is -2.38. The number of anilines is 3. The van der Waals surface area contributed by atoms with E-state index >= 15 is 0 Å². The van der Waals surface area contributed by atoms with E-state index in [-0.39, 0.29) is 0 Å². The first-order valence-electron chi connectivity index (χ1n) is 11.6. The third kappa shape index (κ3) is 3.73. The molecule has 6 rings (SSSR count). The molecule has 1 aliphatic rings. The summed E-state index contributed by atoms with van der Waals surface area (Å²) in [6.07, 6.45) is 5.19. The predicted octanol–water partition coefficient (Wildman–Crippen LogP) is 3.94. The quantitative estimate of drug-likeness (QED) is 0.417. The van der Waals surface area contributed by atoms with Crippen molar-refractivity contribution in [2.75, 3.05) is 36.4 Å². The second kappa shape index (κ2) is 8.42. The molecule has 1 aliphatic heterocycles. The number of nitrogens with one attached hydrogen (secondary N) is 2. The lowest BCUT2D eigenvalue weighted by atomic mass is 10.1. The highest BCUT2D eigenvalue weighted by Gasteiger charge is 2.19. The zero-order chi connectivity index (χ0) is 23.1. The maximum absolute atomic E-state index is 4.68. The van der Waals surface area contributed by atoms with Gasteiger partial charge in [0, 0.05) is 54.5 Å². The van der Waals surface area contributed by atoms with Crippen molar-refractivity contribution in [3.8, 4) is 11.3 Å². The second-order valence-corrected chi connectivity index (χ2v) is 8.95. The van der Waals surface area contributed by atoms with Crippen LogP contribution in [-0.2, 0) is 0 Å². The lowest BCUT2D eigenvalue weighted by Crippen LogP contribution is -2.48. The van der Waals surface area contributed by atoms with Crippen molar-refractivity contribution in [1.82, 2.24) is 34.7 Å². The normalized spacial score (nSPS) is 15.0. The van der Waals surface area contributed by atoms with Crippen molar-refractivity contribution >= 4 is 33.7 Å². The zero-order valence-electron chi connectivity index (χ0n) is 19.3. The number of fused-ring (bicyclic) bond motifs is 2. The van der Waals surface area contributed by atoms with Crippen LogP contribution < -0.4 is 10.2 Å². The van der Waals surface area contributed by atoms with Gasteiger partial charge in [0.15, 0.2) is 11.5 Å². The number of nitrogens with zero attached hydrogens (tertiary/aromatic N) is 7. The van der Waals surface area contributed by atoms with Gasteiger partial charge in [0.2, 0.25) is 0 Å². The van der Waals surface area contributed by atoms with Crippen LogP contribution in [0.15, 0.2) is 61.2 Å². The Morgan fingerprint density at radius 1 is 0.941 bits per heavy atom. The SMILES string of the molecule is CC(C)N1CCN(c2ccc(Nc3ncc(-c4ccc5cn[nH]c5c4)n4ncnc34)cc2)CC1. The summed E-state index contributed by atoms with van der Waals surface area (Å²) < 4.78 is 1.81. The zero-order valence-corrected chi connectivity index (χ0v) is 19.3. The van der Waals surface area contributed by atoms with Crippen LogP contribution in [0.4, 0.5) is 17.2 Å². The largest absolute Gasteiger partial charge is 0.369 e. The van der Waals surface area contributed by atoms with Gasteiger partial charge in [0.25, 0.3) is 0 Å². The number of aromatic nitrogens is 6. The molecule has 0 spiro atoms. The third-order valence-corrected chi connectivity index (χ3v) is 6.58. The standard InChI is InChI=1S/C25H27N9/c1-17(2)32-9-11-33(12-10-32)21-7-5-20(6-8-21)30-24-25-27-16-29-34(25)23(15-26-24)18-3-4-19-14-28-31-22(19)13-18/h3-8,13-17H,9-12H2,1-2H3,(H,26,30)(H,28,31). The molecule has 0 amide bonds. The molecule has 3 aromatic heterocycles. The molecule has 2 N–H and O–H groups in total. The molecule has 172 valence electrons. The van der Waals surface area contributed by atoms with E-state index in [1.807, 2.05) is 35.1 Å². The lowest BCUT2D eigenvalue weighted by molar-refractivity contribution is 0.209. The van der Waals surface area contributed by atoms with E-state index < -0.39 is 0 Å². The number of benzene rings is 2. The average molecular weight is 454 g/mol. The second-order valence-electron chi connectivity index (χ2n) is 8.95. The minimum Gasteiger partial charge on any atom is -0.369 e. The van der Waals surface area contributed by atoms with Gasteiger partial charge in [-0.3, -0.25) is 10.00 Å². The van der Waals surface area contributed by atoms with Crippen molar-refractivity contribution < 1.29 is 0 Å². The number of H-pyrrole nitrogens is 1. The van der Waals surface area contributed by atoms with E-state index in [4.69, 9.17) is 0 Å². The van der Waals surface area contributed by atoms with Crippen LogP contribution in [0.1, 0.15) is 13.8 Å². The van der Waals surface area contributed by atoms with E-state index in [1.54, 1.807) is 6.33 Å². The molecule has 9 nitrogen and oxygen atoms in total. The minimum atomic E-state index is 0.606. The molecule has 1 fully saturated rings. The summed E-state index contributed by atoms with van der Waals surface area (Å²) >= 11 is 0. The van der Waals surface area contributed by atoms with Gasteiger partial charge in [-0.1, -0.05) is 12.1 Å². The van der Waals surface area contributed by atoms with Crippen LogP contribution in [0.3, 0.4) is 0 Å². The van der Waals surface area contributed by atoms with Crippen molar-refractivity contribution in [3.05, 3.63) is 61.2 Å². The van der Waals surface area contributed by atoms with Crippen LogP contribution in [0.25, 0.3) is 27.8 Å². The molecule has 0 aliphatic carbocycles. The van der Waals surface area contributed by atoms with Crippen LogP contribution in [-0.4, -0.2) is 66.9 Å². The van der Waals surface area contributed by atoms with E-state index in [0.717, 1.165) is 54.0 Å². The Balaban J connectivity index is 1.22. The first kappa shape index (κ1) is 20.6. The van der Waals surface area contributed by atoms with Gasteiger partial charge in [-0.2, -0.15) is 10.2 Å². The first-order valence-corrected chi connectivity index (χ1v) is 11.6. The number of hydrogen-bond acceptors (Lipinski definition) is 7. The smallest absolute Gasteiger partial charge is 0.199 e. The van der Waals surface area contributed by atoms with Gasteiger partial charge < -0.3 is 10.2 Å². The van der Waals surface area contributed by atoms with Crippen molar-refractivity contribution in [2.45, 2.75) is 19.9 Å². The van der Waals surface area contributed by atoms with Crippen molar-refractivity contribution in [3.63, 3.8) is 0 Å². The Morgan fingerprint density at radius 2 is 1.76 bits per heavy atom. The van der Waals surface area contributed by atoms with Crippen LogP contribution in [0.5, 0.6) is 0 Å². The topological polar surface area (TPSA) is 90.3 Å². The van der Waals surface area contributed by atoms with Crippen LogP contribution in [0.2, 0.25) is 0 Å². The molecule has 2 aromatic carbocycles. The van der Waals surface area contributed by atoms with Gasteiger partial charge in [0.1, 0.15) is 6.33 Å². The number of aromatic amines is 1. The van der Waals surface area contributed by atoms with Crippen LogP contribution in [0, 0.1) is 0 Å². The van der Waals surface area contributed by atoms with E-state index in [1.165, 1.54) is 5.69 Å². The first-order chi connectivity index (χ1) is 16.7. The molecular formula is C25H27N9. The van der Waals surface area contributed by atoms with E-state index in [0.29, 0.717) is 17.5 Å². The van der Waals surface area contributed by atoms with Gasteiger partial charge in [-0.05, 0) is 44.2 Å². The Labute approximate surface area is 197 Å². The highest BCUT2D eigenvalue weighted by molar-refractivity contribution is 5.84. The number of piperazine rings is 1. The summed E-state index contributed by atoms with van der Waals surface area (Å²) in [4.78, 5) is 14.1. The molecule has 34 heavy (non-hydrogen) atoms. The van der Waals surface area contributed by atoms with Gasteiger partial charge in [0.05, 0.1) is 23.6 Å². The fourth-order valence-corrected chi connectivity index (χ4v) is 4.59. The molecule has 0 unspecified atom stereocenters. The molecule has 4 heterocycles.